The molecule has 1 fully saturated rings. The van der Waals surface area contributed by atoms with Crippen molar-refractivity contribution in [3.05, 3.63) is 16.1 Å². The summed E-state index contributed by atoms with van der Waals surface area (Å²) in [5.41, 5.74) is -0.449. The number of nitrogens with zero attached hydrogens (tertiary/aromatic N) is 1. The minimum Gasteiger partial charge on any atom is -0.293 e. The molecule has 1 heterocycles. The quantitative estimate of drug-likeness (QED) is 0.770. The van der Waals surface area contributed by atoms with Crippen LogP contribution in [0.3, 0.4) is 0 Å². The zero-order valence-electron chi connectivity index (χ0n) is 10.0. The first-order valence-corrected chi connectivity index (χ1v) is 6.78. The van der Waals surface area contributed by atoms with Crippen LogP contribution in [0.2, 0.25) is 0 Å². The van der Waals surface area contributed by atoms with Crippen molar-refractivity contribution in [2.45, 2.75) is 45.2 Å². The average Bonchev–Trinajstić information content (AvgIpc) is 2.97. The van der Waals surface area contributed by atoms with Crippen LogP contribution in [-0.2, 0) is 6.18 Å². The van der Waals surface area contributed by atoms with Crippen molar-refractivity contribution >= 4 is 17.1 Å². The van der Waals surface area contributed by atoms with Crippen LogP contribution in [-0.4, -0.2) is 10.8 Å². The summed E-state index contributed by atoms with van der Waals surface area (Å²) < 4.78 is 37.4. The molecule has 100 valence electrons. The summed E-state index contributed by atoms with van der Waals surface area (Å²) in [5, 5.41) is -0.935. The lowest BCUT2D eigenvalue weighted by Crippen LogP contribution is -2.26. The van der Waals surface area contributed by atoms with Crippen LogP contribution >= 0.6 is 11.3 Å². The van der Waals surface area contributed by atoms with Crippen molar-refractivity contribution in [1.82, 2.24) is 4.98 Å². The number of rotatable bonds is 3. The highest BCUT2D eigenvalue weighted by atomic mass is 32.1. The van der Waals surface area contributed by atoms with Crippen molar-refractivity contribution in [2.24, 2.45) is 5.41 Å². The van der Waals surface area contributed by atoms with Crippen molar-refractivity contribution in [2.75, 3.05) is 0 Å². The number of alkyl halides is 3. The number of hydrogen-bond acceptors (Lipinski definition) is 3. The van der Waals surface area contributed by atoms with Gasteiger partial charge in [0.2, 0.25) is 0 Å². The molecule has 0 aromatic carbocycles. The first kappa shape index (κ1) is 13.5. The molecule has 0 atom stereocenters. The summed E-state index contributed by atoms with van der Waals surface area (Å²) in [4.78, 5) is 15.8. The molecule has 1 saturated carbocycles. The topological polar surface area (TPSA) is 30.0 Å². The van der Waals surface area contributed by atoms with E-state index in [1.54, 1.807) is 0 Å². The molecule has 0 radical (unpaired) electrons. The number of halogens is 3. The van der Waals surface area contributed by atoms with E-state index in [1.807, 2.05) is 6.92 Å². The third-order valence-electron chi connectivity index (χ3n) is 3.69. The lowest BCUT2D eigenvalue weighted by molar-refractivity contribution is -0.137. The molecular formula is C12H14F3NOS. The Kier molecular flexibility index (Phi) is 3.49. The summed E-state index contributed by atoms with van der Waals surface area (Å²) in [5.74, 6) is -0.157. The molecule has 0 N–H and O–H groups in total. The van der Waals surface area contributed by atoms with Crippen LogP contribution in [0.5, 0.6) is 0 Å². The Morgan fingerprint density at radius 2 is 2.06 bits per heavy atom. The lowest BCUT2D eigenvalue weighted by Gasteiger charge is -2.24. The number of Topliss-reactive ketones (excluding diaryl/α,β-unsaturated/α-hetero) is 1. The Bertz CT molecular complexity index is 446. The SMILES string of the molecule is CCC1(C(=O)c2cnc(C(F)(F)F)s2)CCCC1. The van der Waals surface area contributed by atoms with Crippen molar-refractivity contribution in [3.8, 4) is 0 Å². The summed E-state index contributed by atoms with van der Waals surface area (Å²) in [6, 6.07) is 0. The molecular weight excluding hydrogens is 263 g/mol. The van der Waals surface area contributed by atoms with Gasteiger partial charge in [0.1, 0.15) is 0 Å². The van der Waals surface area contributed by atoms with Crippen LogP contribution in [0, 0.1) is 5.41 Å². The first-order chi connectivity index (χ1) is 8.39. The normalized spacial score (nSPS) is 19.1. The van der Waals surface area contributed by atoms with E-state index in [0.29, 0.717) is 17.8 Å². The van der Waals surface area contributed by atoms with Gasteiger partial charge < -0.3 is 0 Å². The van der Waals surface area contributed by atoms with Gasteiger partial charge in [0.25, 0.3) is 0 Å². The monoisotopic (exact) mass is 277 g/mol. The fraction of sp³-hybridized carbons (Fsp3) is 0.667. The number of ketones is 1. The zero-order chi connectivity index (χ0) is 13.4. The molecule has 18 heavy (non-hydrogen) atoms. The van der Waals surface area contributed by atoms with Gasteiger partial charge in [-0.05, 0) is 19.3 Å². The third kappa shape index (κ3) is 2.30. The summed E-state index contributed by atoms with van der Waals surface area (Å²) in [7, 11) is 0. The predicted octanol–water partition coefficient (Wildman–Crippen LogP) is 4.32. The summed E-state index contributed by atoms with van der Waals surface area (Å²) in [6.07, 6.45) is 0.813. The van der Waals surface area contributed by atoms with Crippen molar-refractivity contribution in [3.63, 3.8) is 0 Å². The molecule has 0 spiro atoms. The van der Waals surface area contributed by atoms with Gasteiger partial charge in [0, 0.05) is 11.6 Å². The lowest BCUT2D eigenvalue weighted by atomic mass is 9.79. The number of carbonyl (C=O) groups is 1. The molecule has 2 nitrogen and oxygen atoms in total. The maximum Gasteiger partial charge on any atom is 0.443 e. The Balaban J connectivity index is 2.26. The van der Waals surface area contributed by atoms with Gasteiger partial charge in [-0.3, -0.25) is 4.79 Å². The van der Waals surface area contributed by atoms with E-state index in [4.69, 9.17) is 0 Å². The van der Waals surface area contributed by atoms with Gasteiger partial charge >= 0.3 is 6.18 Å². The number of carbonyl (C=O) groups excluding carboxylic acids is 1. The first-order valence-electron chi connectivity index (χ1n) is 5.97. The van der Waals surface area contributed by atoms with Gasteiger partial charge in [0.05, 0.1) is 4.88 Å². The Labute approximate surface area is 107 Å². The minimum absolute atomic E-state index is 0.145. The standard InChI is InChI=1S/C12H14F3NOS/c1-2-11(5-3-4-6-11)9(17)8-7-16-10(18-8)12(13,14)15/h7H,2-6H2,1H3. The van der Waals surface area contributed by atoms with E-state index in [9.17, 15) is 18.0 Å². The highest BCUT2D eigenvalue weighted by Gasteiger charge is 2.42. The highest BCUT2D eigenvalue weighted by molar-refractivity contribution is 7.13. The van der Waals surface area contributed by atoms with Gasteiger partial charge in [-0.1, -0.05) is 19.8 Å². The van der Waals surface area contributed by atoms with Crippen molar-refractivity contribution < 1.29 is 18.0 Å². The zero-order valence-corrected chi connectivity index (χ0v) is 10.8. The Morgan fingerprint density at radius 3 is 2.50 bits per heavy atom. The van der Waals surface area contributed by atoms with E-state index in [1.165, 1.54) is 0 Å². The smallest absolute Gasteiger partial charge is 0.293 e. The van der Waals surface area contributed by atoms with Crippen LogP contribution in [0.15, 0.2) is 6.20 Å². The number of thiazole rings is 1. The molecule has 1 aromatic rings. The predicted molar refractivity (Wildman–Crippen MR) is 62.6 cm³/mol. The average molecular weight is 277 g/mol. The maximum absolute atomic E-state index is 12.5. The molecule has 0 saturated heterocycles. The summed E-state index contributed by atoms with van der Waals surface area (Å²) in [6.45, 7) is 1.93. The number of aromatic nitrogens is 1. The van der Waals surface area contributed by atoms with E-state index < -0.39 is 16.6 Å². The van der Waals surface area contributed by atoms with Gasteiger partial charge in [0.15, 0.2) is 10.8 Å². The fourth-order valence-electron chi connectivity index (χ4n) is 2.56. The second kappa shape index (κ2) is 4.64. The van der Waals surface area contributed by atoms with Gasteiger partial charge in [-0.25, -0.2) is 4.98 Å². The minimum atomic E-state index is -4.46. The number of hydrogen-bond donors (Lipinski definition) is 0. The van der Waals surface area contributed by atoms with Crippen LogP contribution in [0.25, 0.3) is 0 Å². The molecule has 0 aliphatic heterocycles. The second-order valence-corrected chi connectivity index (χ2v) is 5.73. The molecule has 6 heteroatoms. The highest BCUT2D eigenvalue weighted by Crippen LogP contribution is 2.45. The van der Waals surface area contributed by atoms with Crippen LogP contribution in [0.1, 0.15) is 53.7 Å². The van der Waals surface area contributed by atoms with Crippen LogP contribution in [0.4, 0.5) is 13.2 Å². The summed E-state index contributed by atoms with van der Waals surface area (Å²) >= 11 is 0.463. The van der Waals surface area contributed by atoms with Gasteiger partial charge in [-0.2, -0.15) is 13.2 Å². The van der Waals surface area contributed by atoms with Gasteiger partial charge in [-0.15, -0.1) is 11.3 Å². The fourth-order valence-corrected chi connectivity index (χ4v) is 3.41. The third-order valence-corrected chi connectivity index (χ3v) is 4.73. The molecule has 1 aromatic heterocycles. The molecule has 1 aliphatic carbocycles. The van der Waals surface area contributed by atoms with E-state index in [-0.39, 0.29) is 10.7 Å². The largest absolute Gasteiger partial charge is 0.443 e. The molecule has 2 rings (SSSR count). The molecule has 0 amide bonds. The second-order valence-electron chi connectivity index (χ2n) is 4.70. The van der Waals surface area contributed by atoms with Crippen LogP contribution < -0.4 is 0 Å². The van der Waals surface area contributed by atoms with Crippen molar-refractivity contribution in [1.29, 1.82) is 0 Å². The van der Waals surface area contributed by atoms with E-state index >= 15 is 0 Å². The van der Waals surface area contributed by atoms with E-state index in [0.717, 1.165) is 31.9 Å². The molecule has 1 aliphatic rings. The molecule has 0 unspecified atom stereocenters. The Morgan fingerprint density at radius 1 is 1.44 bits per heavy atom. The molecule has 0 bridgehead atoms. The van der Waals surface area contributed by atoms with E-state index in [2.05, 4.69) is 4.98 Å². The Hall–Kier alpha value is -0.910. The maximum atomic E-state index is 12.5.